The normalized spacial score (nSPS) is 23.8. The first kappa shape index (κ1) is 31.0. The van der Waals surface area contributed by atoms with Gasteiger partial charge in [-0.05, 0) is 124 Å². The molecule has 8 rings (SSSR count). The molecule has 0 N–H and O–H groups in total. The van der Waals surface area contributed by atoms with E-state index in [4.69, 9.17) is 4.42 Å². The van der Waals surface area contributed by atoms with Crippen molar-refractivity contribution in [3.8, 4) is 22.5 Å². The summed E-state index contributed by atoms with van der Waals surface area (Å²) in [4.78, 5) is 0. The van der Waals surface area contributed by atoms with Gasteiger partial charge in [0.15, 0.2) is 0 Å². The minimum Gasteiger partial charge on any atom is -0.456 e. The van der Waals surface area contributed by atoms with Crippen molar-refractivity contribution in [2.45, 2.75) is 100 Å². The average Bonchev–Trinajstić information content (AvgIpc) is 3.56. The minimum atomic E-state index is -0.181. The number of furan rings is 1. The van der Waals surface area contributed by atoms with E-state index in [9.17, 15) is 0 Å². The third kappa shape index (κ3) is 3.84. The maximum atomic E-state index is 6.84. The molecular formula is C46H54O. The highest BCUT2D eigenvalue weighted by Crippen LogP contribution is 2.74. The Morgan fingerprint density at radius 3 is 1.98 bits per heavy atom. The lowest BCUT2D eigenvalue weighted by molar-refractivity contribution is -0.105. The molecule has 0 aliphatic heterocycles. The van der Waals surface area contributed by atoms with Crippen molar-refractivity contribution >= 4 is 21.7 Å². The van der Waals surface area contributed by atoms with E-state index < -0.39 is 0 Å². The quantitative estimate of drug-likeness (QED) is 0.190. The SMILES string of the molecule is Cc1cc(C)c2ccc3c(c2c1)C1(c2ccc4c(c2-3)C(C)(C)c2c-4oc3ccc(CC(C)C)cc23)C(C(C)C)C(C(C)C)C1C(C)C. The fourth-order valence-electron chi connectivity index (χ4n) is 11.7. The molecule has 1 heterocycles. The molecule has 47 heavy (non-hydrogen) atoms. The monoisotopic (exact) mass is 622 g/mol. The highest BCUT2D eigenvalue weighted by Gasteiger charge is 2.68. The third-order valence-electron chi connectivity index (χ3n) is 12.8. The topological polar surface area (TPSA) is 13.1 Å². The number of hydrogen-bond acceptors (Lipinski definition) is 1. The van der Waals surface area contributed by atoms with E-state index in [1.165, 1.54) is 60.7 Å². The average molecular weight is 623 g/mol. The lowest BCUT2D eigenvalue weighted by atomic mass is 9.37. The second-order valence-electron chi connectivity index (χ2n) is 17.7. The summed E-state index contributed by atoms with van der Waals surface area (Å²) in [7, 11) is 0. The number of benzene rings is 4. The lowest BCUT2D eigenvalue weighted by Gasteiger charge is -2.66. The molecule has 1 heteroatoms. The van der Waals surface area contributed by atoms with E-state index in [1.54, 1.807) is 11.1 Å². The fourth-order valence-corrected chi connectivity index (χ4v) is 11.7. The van der Waals surface area contributed by atoms with Gasteiger partial charge < -0.3 is 4.42 Å². The highest BCUT2D eigenvalue weighted by molar-refractivity contribution is 6.04. The Bertz CT molecular complexity index is 2080. The Kier molecular flexibility index (Phi) is 6.66. The molecule has 2 atom stereocenters. The summed E-state index contributed by atoms with van der Waals surface area (Å²) < 4.78 is 6.84. The van der Waals surface area contributed by atoms with E-state index in [2.05, 4.69) is 138 Å². The van der Waals surface area contributed by atoms with Crippen LogP contribution in [-0.4, -0.2) is 0 Å². The maximum absolute atomic E-state index is 6.84. The second-order valence-corrected chi connectivity index (χ2v) is 17.7. The molecular weight excluding hydrogens is 569 g/mol. The predicted molar refractivity (Wildman–Crippen MR) is 200 cm³/mol. The van der Waals surface area contributed by atoms with Crippen LogP contribution >= 0.6 is 0 Å². The largest absolute Gasteiger partial charge is 0.456 e. The van der Waals surface area contributed by atoms with Crippen molar-refractivity contribution in [1.82, 2.24) is 0 Å². The lowest BCUT2D eigenvalue weighted by Crippen LogP contribution is -2.64. The van der Waals surface area contributed by atoms with Crippen LogP contribution in [0, 0.1) is 55.3 Å². The second kappa shape index (κ2) is 10.1. The molecule has 1 spiro atoms. The van der Waals surface area contributed by atoms with Crippen LogP contribution in [0.25, 0.3) is 44.2 Å². The van der Waals surface area contributed by atoms with Crippen molar-refractivity contribution in [2.24, 2.45) is 41.4 Å². The molecule has 0 radical (unpaired) electrons. The summed E-state index contributed by atoms with van der Waals surface area (Å²) in [5.74, 6) is 5.37. The molecule has 0 amide bonds. The Hall–Kier alpha value is -3.32. The van der Waals surface area contributed by atoms with Gasteiger partial charge in [0.1, 0.15) is 11.3 Å². The summed E-state index contributed by atoms with van der Waals surface area (Å²) in [6.45, 7) is 29.2. The Morgan fingerprint density at radius 1 is 0.660 bits per heavy atom. The zero-order valence-electron chi connectivity index (χ0n) is 30.9. The molecule has 1 saturated carbocycles. The van der Waals surface area contributed by atoms with Crippen molar-refractivity contribution in [3.63, 3.8) is 0 Å². The molecule has 0 bridgehead atoms. The first-order valence-electron chi connectivity index (χ1n) is 18.5. The number of hydrogen-bond donors (Lipinski definition) is 0. The fraction of sp³-hybridized carbons (Fsp3) is 0.478. The van der Waals surface area contributed by atoms with Gasteiger partial charge in [0.05, 0.1) is 0 Å². The van der Waals surface area contributed by atoms with E-state index in [1.807, 2.05) is 0 Å². The van der Waals surface area contributed by atoms with Gasteiger partial charge in [-0.3, -0.25) is 0 Å². The Labute approximate surface area is 283 Å². The van der Waals surface area contributed by atoms with Gasteiger partial charge in [-0.1, -0.05) is 117 Å². The van der Waals surface area contributed by atoms with Crippen molar-refractivity contribution in [1.29, 1.82) is 0 Å². The summed E-state index contributed by atoms with van der Waals surface area (Å²) in [6.07, 6.45) is 1.09. The third-order valence-corrected chi connectivity index (χ3v) is 12.8. The van der Waals surface area contributed by atoms with Crippen LogP contribution in [0.15, 0.2) is 59.0 Å². The van der Waals surface area contributed by atoms with Gasteiger partial charge >= 0.3 is 0 Å². The molecule has 4 aromatic carbocycles. The molecule has 0 saturated heterocycles. The minimum absolute atomic E-state index is 0.0109. The van der Waals surface area contributed by atoms with Gasteiger partial charge in [0.2, 0.25) is 0 Å². The van der Waals surface area contributed by atoms with Crippen LogP contribution in [0.1, 0.15) is 108 Å². The van der Waals surface area contributed by atoms with E-state index in [-0.39, 0.29) is 10.8 Å². The van der Waals surface area contributed by atoms with Crippen molar-refractivity contribution < 1.29 is 4.42 Å². The number of rotatable bonds is 5. The smallest absolute Gasteiger partial charge is 0.139 e. The molecule has 244 valence electrons. The van der Waals surface area contributed by atoms with Crippen LogP contribution in [-0.2, 0) is 17.3 Å². The summed E-state index contributed by atoms with van der Waals surface area (Å²) in [6, 6.07) is 21.8. The zero-order valence-corrected chi connectivity index (χ0v) is 30.9. The van der Waals surface area contributed by atoms with E-state index in [0.29, 0.717) is 41.4 Å². The standard InChI is InChI=1S/C46H54O/c1-23(2)19-29-13-18-36-34(22-29)43-44(47-36)32-16-17-35-38(42(32)45(43,11)12)31-15-14-30-28(10)20-27(9)21-33(30)41(31)46(35)39(25(5)6)37(24(3)4)40(46)26(7)8/h13-18,20-26,37,39-40H,19H2,1-12H3. The number of fused-ring (bicyclic) bond motifs is 13. The van der Waals surface area contributed by atoms with Gasteiger partial charge in [0, 0.05) is 27.3 Å². The molecule has 3 aliphatic rings. The van der Waals surface area contributed by atoms with E-state index >= 15 is 0 Å². The first-order chi connectivity index (χ1) is 22.2. The summed E-state index contributed by atoms with van der Waals surface area (Å²) in [5, 5.41) is 4.21. The molecule has 1 aromatic heterocycles. The summed E-state index contributed by atoms with van der Waals surface area (Å²) >= 11 is 0. The van der Waals surface area contributed by atoms with Crippen molar-refractivity contribution in [3.05, 3.63) is 93.5 Å². The van der Waals surface area contributed by atoms with Gasteiger partial charge in [-0.2, -0.15) is 0 Å². The molecule has 1 nitrogen and oxygen atoms in total. The predicted octanol–water partition coefficient (Wildman–Crippen LogP) is 12.8. The zero-order chi connectivity index (χ0) is 33.5. The van der Waals surface area contributed by atoms with Crippen LogP contribution in [0.4, 0.5) is 0 Å². The van der Waals surface area contributed by atoms with Gasteiger partial charge in [-0.15, -0.1) is 0 Å². The molecule has 3 aliphatic carbocycles. The maximum Gasteiger partial charge on any atom is 0.139 e. The van der Waals surface area contributed by atoms with Crippen LogP contribution in [0.2, 0.25) is 0 Å². The molecule has 5 aromatic rings. The Morgan fingerprint density at radius 2 is 1.34 bits per heavy atom. The Balaban J connectivity index is 1.49. The molecule has 1 fully saturated rings. The number of aryl methyl sites for hydroxylation is 2. The van der Waals surface area contributed by atoms with Crippen molar-refractivity contribution in [2.75, 3.05) is 0 Å². The van der Waals surface area contributed by atoms with E-state index in [0.717, 1.165) is 17.8 Å². The van der Waals surface area contributed by atoms with Crippen LogP contribution in [0.3, 0.4) is 0 Å². The van der Waals surface area contributed by atoms with Crippen LogP contribution in [0.5, 0.6) is 0 Å². The highest BCUT2D eigenvalue weighted by atomic mass is 16.3. The van der Waals surface area contributed by atoms with Gasteiger partial charge in [0.25, 0.3) is 0 Å². The molecule has 2 unspecified atom stereocenters. The summed E-state index contributed by atoms with van der Waals surface area (Å²) in [5.41, 5.74) is 15.4. The first-order valence-corrected chi connectivity index (χ1v) is 18.5. The van der Waals surface area contributed by atoms with Crippen LogP contribution < -0.4 is 0 Å². The van der Waals surface area contributed by atoms with Gasteiger partial charge in [-0.25, -0.2) is 0 Å².